The molecule has 2 aromatic rings. The van der Waals surface area contributed by atoms with Gasteiger partial charge in [0, 0.05) is 23.5 Å². The van der Waals surface area contributed by atoms with Gasteiger partial charge >= 0.3 is 0 Å². The van der Waals surface area contributed by atoms with Gasteiger partial charge in [-0.25, -0.2) is 0 Å². The molecule has 1 saturated heterocycles. The number of hydrogen-bond acceptors (Lipinski definition) is 1. The molecular formula is C21H26NO+. The van der Waals surface area contributed by atoms with Crippen LogP contribution >= 0.6 is 0 Å². The van der Waals surface area contributed by atoms with Crippen molar-refractivity contribution < 1.29 is 10.4 Å². The van der Waals surface area contributed by atoms with Gasteiger partial charge in [0.05, 0.1) is 5.60 Å². The highest BCUT2D eigenvalue weighted by Crippen LogP contribution is 2.40. The van der Waals surface area contributed by atoms with Crippen LogP contribution in [-0.4, -0.2) is 10.7 Å². The SMILES string of the molecule is C=CC[C@@]1(O)C[C@@H](c2ccccc2)[NH2+][C@@H](c2ccccc2)[C@@H]1C. The van der Waals surface area contributed by atoms with Crippen LogP contribution in [0.4, 0.5) is 0 Å². The Hall–Kier alpha value is -1.90. The van der Waals surface area contributed by atoms with Crippen LogP contribution in [0.2, 0.25) is 0 Å². The maximum absolute atomic E-state index is 11.3. The molecule has 0 radical (unpaired) electrons. The van der Waals surface area contributed by atoms with Gasteiger partial charge in [0.25, 0.3) is 0 Å². The maximum Gasteiger partial charge on any atom is 0.117 e. The minimum atomic E-state index is -0.711. The summed E-state index contributed by atoms with van der Waals surface area (Å²) >= 11 is 0. The number of nitrogens with two attached hydrogens (primary N) is 1. The largest absolute Gasteiger partial charge is 0.389 e. The second-order valence-electron chi connectivity index (χ2n) is 6.74. The van der Waals surface area contributed by atoms with Crippen LogP contribution in [0.3, 0.4) is 0 Å². The van der Waals surface area contributed by atoms with E-state index >= 15 is 0 Å². The molecule has 2 aromatic carbocycles. The molecule has 0 saturated carbocycles. The quantitative estimate of drug-likeness (QED) is 0.835. The summed E-state index contributed by atoms with van der Waals surface area (Å²) in [6.45, 7) is 6.03. The highest BCUT2D eigenvalue weighted by Gasteiger charge is 2.48. The Kier molecular flexibility index (Phi) is 4.65. The fraction of sp³-hybridized carbons (Fsp3) is 0.333. The molecule has 4 atom stereocenters. The van der Waals surface area contributed by atoms with Gasteiger partial charge in [-0.05, 0) is 6.42 Å². The molecule has 0 aromatic heterocycles. The van der Waals surface area contributed by atoms with Crippen LogP contribution in [-0.2, 0) is 0 Å². The lowest BCUT2D eigenvalue weighted by atomic mass is 9.70. The summed E-state index contributed by atoms with van der Waals surface area (Å²) in [6, 6.07) is 21.6. The molecule has 3 N–H and O–H groups in total. The van der Waals surface area contributed by atoms with Crippen molar-refractivity contribution in [1.82, 2.24) is 0 Å². The van der Waals surface area contributed by atoms with Crippen LogP contribution in [0.1, 0.15) is 43.0 Å². The zero-order valence-electron chi connectivity index (χ0n) is 13.7. The van der Waals surface area contributed by atoms with Gasteiger partial charge in [-0.15, -0.1) is 6.58 Å². The van der Waals surface area contributed by atoms with Crippen molar-refractivity contribution >= 4 is 0 Å². The van der Waals surface area contributed by atoms with Crippen LogP contribution in [0.5, 0.6) is 0 Å². The summed E-state index contributed by atoms with van der Waals surface area (Å²) in [5.41, 5.74) is 1.85. The molecule has 1 heterocycles. The molecule has 1 aliphatic rings. The third-order valence-electron chi connectivity index (χ3n) is 5.31. The van der Waals surface area contributed by atoms with E-state index in [9.17, 15) is 5.11 Å². The number of quaternary nitrogens is 1. The molecule has 3 rings (SSSR count). The van der Waals surface area contributed by atoms with Gasteiger partial charge in [-0.2, -0.15) is 0 Å². The van der Waals surface area contributed by atoms with Gasteiger partial charge in [0.15, 0.2) is 0 Å². The fourth-order valence-electron chi connectivity index (χ4n) is 3.91. The third kappa shape index (κ3) is 3.24. The molecular weight excluding hydrogens is 282 g/mol. The normalized spacial score (nSPS) is 30.8. The van der Waals surface area contributed by atoms with Crippen molar-refractivity contribution in [2.24, 2.45) is 5.92 Å². The van der Waals surface area contributed by atoms with Crippen molar-refractivity contribution in [1.29, 1.82) is 0 Å². The Morgan fingerprint density at radius 3 is 2.22 bits per heavy atom. The van der Waals surface area contributed by atoms with Gasteiger partial charge in [0.2, 0.25) is 0 Å². The minimum absolute atomic E-state index is 0.169. The first-order valence-electron chi connectivity index (χ1n) is 8.42. The molecule has 2 heteroatoms. The summed E-state index contributed by atoms with van der Waals surface area (Å²) in [5.74, 6) is 0.169. The molecule has 0 bridgehead atoms. The molecule has 2 nitrogen and oxygen atoms in total. The summed E-state index contributed by atoms with van der Waals surface area (Å²) in [5, 5.41) is 13.7. The zero-order chi connectivity index (χ0) is 16.3. The van der Waals surface area contributed by atoms with Gasteiger partial charge in [-0.3, -0.25) is 0 Å². The Balaban J connectivity index is 1.97. The average Bonchev–Trinajstić information content (AvgIpc) is 2.59. The maximum atomic E-state index is 11.3. The van der Waals surface area contributed by atoms with E-state index in [0.717, 1.165) is 6.42 Å². The fourth-order valence-corrected chi connectivity index (χ4v) is 3.91. The van der Waals surface area contributed by atoms with Crippen LogP contribution < -0.4 is 5.32 Å². The predicted molar refractivity (Wildman–Crippen MR) is 93.8 cm³/mol. The van der Waals surface area contributed by atoms with Crippen LogP contribution in [0.15, 0.2) is 73.3 Å². The first kappa shape index (κ1) is 16.0. The zero-order valence-corrected chi connectivity index (χ0v) is 13.7. The Labute approximate surface area is 138 Å². The van der Waals surface area contributed by atoms with Crippen LogP contribution in [0, 0.1) is 5.92 Å². The molecule has 1 aliphatic heterocycles. The highest BCUT2D eigenvalue weighted by atomic mass is 16.3. The van der Waals surface area contributed by atoms with Gasteiger partial charge < -0.3 is 10.4 Å². The summed E-state index contributed by atoms with van der Waals surface area (Å²) < 4.78 is 0. The van der Waals surface area contributed by atoms with E-state index in [1.54, 1.807) is 0 Å². The van der Waals surface area contributed by atoms with Crippen molar-refractivity contribution in [3.8, 4) is 0 Å². The van der Waals surface area contributed by atoms with Crippen molar-refractivity contribution in [3.05, 3.63) is 84.4 Å². The number of piperidine rings is 1. The van der Waals surface area contributed by atoms with Gasteiger partial charge in [-0.1, -0.05) is 73.7 Å². The Morgan fingerprint density at radius 2 is 1.65 bits per heavy atom. The number of rotatable bonds is 4. The standard InChI is InChI=1S/C21H25NO/c1-3-14-21(23)15-19(17-10-6-4-7-11-17)22-20(16(21)2)18-12-8-5-9-13-18/h3-13,16,19-20,22-23H,1,14-15H2,2H3/p+1/t16-,19-,20+,21+/m0/s1. The second-order valence-corrected chi connectivity index (χ2v) is 6.74. The summed E-state index contributed by atoms with van der Waals surface area (Å²) in [4.78, 5) is 0. The Morgan fingerprint density at radius 1 is 1.09 bits per heavy atom. The predicted octanol–water partition coefficient (Wildman–Crippen LogP) is 3.38. The van der Waals surface area contributed by atoms with Crippen molar-refractivity contribution in [3.63, 3.8) is 0 Å². The molecule has 0 unspecified atom stereocenters. The average molecular weight is 308 g/mol. The molecule has 120 valence electrons. The second kappa shape index (κ2) is 6.69. The molecule has 23 heavy (non-hydrogen) atoms. The van der Waals surface area contributed by atoms with E-state index in [-0.39, 0.29) is 18.0 Å². The van der Waals surface area contributed by atoms with E-state index < -0.39 is 5.60 Å². The van der Waals surface area contributed by atoms with Crippen molar-refractivity contribution in [2.45, 2.75) is 37.5 Å². The lowest BCUT2D eigenvalue weighted by Crippen LogP contribution is -2.91. The summed E-state index contributed by atoms with van der Waals surface area (Å²) in [6.07, 6.45) is 3.24. The number of benzene rings is 2. The topological polar surface area (TPSA) is 36.8 Å². The molecule has 0 amide bonds. The number of aliphatic hydroxyl groups is 1. The molecule has 0 aliphatic carbocycles. The van der Waals surface area contributed by atoms with Crippen LogP contribution in [0.25, 0.3) is 0 Å². The summed E-state index contributed by atoms with van der Waals surface area (Å²) in [7, 11) is 0. The Bertz CT molecular complexity index is 639. The number of hydrogen-bond donors (Lipinski definition) is 2. The molecule has 0 spiro atoms. The van der Waals surface area contributed by atoms with E-state index in [0.29, 0.717) is 6.42 Å². The smallest absolute Gasteiger partial charge is 0.117 e. The van der Waals surface area contributed by atoms with E-state index in [2.05, 4.69) is 67.4 Å². The molecule has 1 fully saturated rings. The van der Waals surface area contributed by atoms with E-state index in [1.807, 2.05) is 18.2 Å². The minimum Gasteiger partial charge on any atom is -0.389 e. The lowest BCUT2D eigenvalue weighted by Gasteiger charge is -2.44. The third-order valence-corrected chi connectivity index (χ3v) is 5.31. The first-order chi connectivity index (χ1) is 11.1. The van der Waals surface area contributed by atoms with E-state index in [1.165, 1.54) is 11.1 Å². The lowest BCUT2D eigenvalue weighted by molar-refractivity contribution is -0.756. The van der Waals surface area contributed by atoms with E-state index in [4.69, 9.17) is 0 Å². The highest BCUT2D eigenvalue weighted by molar-refractivity contribution is 5.22. The van der Waals surface area contributed by atoms with Crippen molar-refractivity contribution in [2.75, 3.05) is 0 Å². The first-order valence-corrected chi connectivity index (χ1v) is 8.42. The van der Waals surface area contributed by atoms with Gasteiger partial charge in [0.1, 0.15) is 12.1 Å². The monoisotopic (exact) mass is 308 g/mol.